The van der Waals surface area contributed by atoms with Crippen LogP contribution in [0.15, 0.2) is 30.5 Å². The molecule has 1 aliphatic rings. The largest absolute Gasteiger partial charge is 0.481 e. The molecule has 1 aromatic heterocycles. The first-order valence-corrected chi connectivity index (χ1v) is 8.14. The van der Waals surface area contributed by atoms with E-state index in [-0.39, 0.29) is 23.9 Å². The first kappa shape index (κ1) is 16.5. The van der Waals surface area contributed by atoms with E-state index in [0.29, 0.717) is 18.0 Å². The summed E-state index contributed by atoms with van der Waals surface area (Å²) in [5.41, 5.74) is 2.10. The highest BCUT2D eigenvalue weighted by atomic mass is 35.5. The van der Waals surface area contributed by atoms with Crippen molar-refractivity contribution in [3.05, 3.63) is 46.7 Å². The summed E-state index contributed by atoms with van der Waals surface area (Å²) >= 11 is 6.12. The third-order valence-electron chi connectivity index (χ3n) is 4.23. The monoisotopic (exact) mass is 347 g/mol. The molecule has 1 amide bonds. The smallest absolute Gasteiger partial charge is 0.303 e. The summed E-state index contributed by atoms with van der Waals surface area (Å²) in [7, 11) is 1.71. The summed E-state index contributed by atoms with van der Waals surface area (Å²) in [5.74, 6) is -0.977. The van der Waals surface area contributed by atoms with Crippen LogP contribution in [0.4, 0.5) is 5.69 Å². The number of carboxylic acid groups (broad SMARTS) is 1. The number of para-hydroxylation sites is 1. The molecule has 0 fully saturated rings. The van der Waals surface area contributed by atoms with Crippen LogP contribution in [0.2, 0.25) is 5.02 Å². The van der Waals surface area contributed by atoms with Crippen LogP contribution in [0.1, 0.15) is 28.9 Å². The Hall–Kier alpha value is -2.34. The second-order valence-electron chi connectivity index (χ2n) is 6.05. The average molecular weight is 348 g/mol. The van der Waals surface area contributed by atoms with Crippen molar-refractivity contribution in [1.82, 2.24) is 9.78 Å². The number of rotatable bonds is 4. The molecule has 126 valence electrons. The average Bonchev–Trinajstić information content (AvgIpc) is 2.90. The third-order valence-corrected chi connectivity index (χ3v) is 4.51. The van der Waals surface area contributed by atoms with Crippen molar-refractivity contribution >= 4 is 29.2 Å². The number of aliphatic carboxylic acids is 1. The van der Waals surface area contributed by atoms with Crippen LogP contribution in [0.5, 0.6) is 0 Å². The molecule has 0 aliphatic carbocycles. The minimum Gasteiger partial charge on any atom is -0.481 e. The normalized spacial score (nSPS) is 16.8. The van der Waals surface area contributed by atoms with Crippen LogP contribution < -0.4 is 4.90 Å². The summed E-state index contributed by atoms with van der Waals surface area (Å²) in [5, 5.41) is 13.4. The second kappa shape index (κ2) is 6.65. The maximum atomic E-state index is 12.9. The maximum absolute atomic E-state index is 12.9. The number of benzene rings is 1. The number of fused-ring (bicyclic) bond motifs is 1. The molecule has 6 nitrogen and oxygen atoms in total. The van der Waals surface area contributed by atoms with Gasteiger partial charge in [0.25, 0.3) is 5.91 Å². The molecule has 1 aliphatic heterocycles. The number of anilines is 1. The van der Waals surface area contributed by atoms with E-state index in [0.717, 1.165) is 17.7 Å². The van der Waals surface area contributed by atoms with E-state index in [1.165, 1.54) is 4.68 Å². The van der Waals surface area contributed by atoms with Crippen molar-refractivity contribution in [2.75, 3.05) is 11.4 Å². The summed E-state index contributed by atoms with van der Waals surface area (Å²) in [6.45, 7) is 0.468. The summed E-state index contributed by atoms with van der Waals surface area (Å²) in [4.78, 5) is 25.5. The highest BCUT2D eigenvalue weighted by molar-refractivity contribution is 6.34. The number of nitrogens with zero attached hydrogens (tertiary/aromatic N) is 3. The van der Waals surface area contributed by atoms with E-state index in [9.17, 15) is 9.59 Å². The molecule has 2 aromatic rings. The van der Waals surface area contributed by atoms with E-state index in [4.69, 9.17) is 16.7 Å². The van der Waals surface area contributed by atoms with Crippen LogP contribution in [-0.2, 0) is 18.3 Å². The molecule has 1 aromatic carbocycles. The van der Waals surface area contributed by atoms with Gasteiger partial charge < -0.3 is 10.0 Å². The van der Waals surface area contributed by atoms with E-state index >= 15 is 0 Å². The van der Waals surface area contributed by atoms with Crippen LogP contribution in [0, 0.1) is 5.92 Å². The Kier molecular flexibility index (Phi) is 4.57. The number of amides is 1. The van der Waals surface area contributed by atoms with Crippen molar-refractivity contribution in [2.45, 2.75) is 19.3 Å². The van der Waals surface area contributed by atoms with Gasteiger partial charge in [0.2, 0.25) is 0 Å². The number of hydrogen-bond acceptors (Lipinski definition) is 3. The van der Waals surface area contributed by atoms with Gasteiger partial charge in [-0.25, -0.2) is 0 Å². The Morgan fingerprint density at radius 3 is 2.79 bits per heavy atom. The number of aryl methyl sites for hydroxylation is 1. The quantitative estimate of drug-likeness (QED) is 0.922. The van der Waals surface area contributed by atoms with Gasteiger partial charge in [0.1, 0.15) is 0 Å². The number of carbonyl (C=O) groups is 2. The van der Waals surface area contributed by atoms with E-state index in [1.54, 1.807) is 18.1 Å². The molecule has 1 N–H and O–H groups in total. The van der Waals surface area contributed by atoms with Crippen molar-refractivity contribution < 1.29 is 14.7 Å². The van der Waals surface area contributed by atoms with Crippen molar-refractivity contribution in [2.24, 2.45) is 13.0 Å². The fraction of sp³-hybridized carbons (Fsp3) is 0.353. The van der Waals surface area contributed by atoms with Gasteiger partial charge in [-0.3, -0.25) is 14.3 Å². The fourth-order valence-electron chi connectivity index (χ4n) is 3.12. The number of halogens is 1. The topological polar surface area (TPSA) is 75.4 Å². The van der Waals surface area contributed by atoms with E-state index in [1.807, 2.05) is 24.3 Å². The SMILES string of the molecule is Cn1cc(Cl)c(C(=O)N2CC(CCC(=O)O)Cc3ccccc32)n1. The lowest BCUT2D eigenvalue weighted by Gasteiger charge is -2.34. The summed E-state index contributed by atoms with van der Waals surface area (Å²) < 4.78 is 1.51. The van der Waals surface area contributed by atoms with Gasteiger partial charge in [0, 0.05) is 31.9 Å². The molecular weight excluding hydrogens is 330 g/mol. The lowest BCUT2D eigenvalue weighted by atomic mass is 9.89. The molecule has 1 atom stereocenters. The molecule has 0 radical (unpaired) electrons. The minimum atomic E-state index is -0.820. The highest BCUT2D eigenvalue weighted by Gasteiger charge is 2.31. The molecular formula is C17H18ClN3O3. The van der Waals surface area contributed by atoms with E-state index < -0.39 is 5.97 Å². The molecule has 1 unspecified atom stereocenters. The molecule has 0 saturated heterocycles. The molecule has 3 rings (SSSR count). The zero-order chi connectivity index (χ0) is 17.3. The molecule has 7 heteroatoms. The zero-order valence-electron chi connectivity index (χ0n) is 13.3. The number of hydrogen-bond donors (Lipinski definition) is 1. The van der Waals surface area contributed by atoms with Crippen LogP contribution in [0.3, 0.4) is 0 Å². The Bertz CT molecular complexity index is 787. The molecule has 24 heavy (non-hydrogen) atoms. The maximum Gasteiger partial charge on any atom is 0.303 e. The van der Waals surface area contributed by atoms with Gasteiger partial charge >= 0.3 is 5.97 Å². The van der Waals surface area contributed by atoms with Crippen molar-refractivity contribution in [1.29, 1.82) is 0 Å². The van der Waals surface area contributed by atoms with Gasteiger partial charge in [-0.05, 0) is 30.4 Å². The van der Waals surface area contributed by atoms with Gasteiger partial charge in [-0.2, -0.15) is 5.10 Å². The number of carbonyl (C=O) groups excluding carboxylic acids is 1. The Labute approximate surface area is 144 Å². The molecule has 2 heterocycles. The predicted octanol–water partition coefficient (Wildman–Crippen LogP) is 2.76. The first-order valence-electron chi connectivity index (χ1n) is 7.76. The van der Waals surface area contributed by atoms with Crippen LogP contribution in [-0.4, -0.2) is 33.3 Å². The minimum absolute atomic E-state index is 0.0964. The molecule has 0 saturated carbocycles. The lowest BCUT2D eigenvalue weighted by molar-refractivity contribution is -0.137. The summed E-state index contributed by atoms with van der Waals surface area (Å²) in [6.07, 6.45) is 2.98. The third kappa shape index (κ3) is 3.28. The van der Waals surface area contributed by atoms with Gasteiger partial charge in [0.15, 0.2) is 5.69 Å². The Morgan fingerprint density at radius 1 is 1.38 bits per heavy atom. The molecule has 0 bridgehead atoms. The predicted molar refractivity (Wildman–Crippen MR) is 90.4 cm³/mol. The second-order valence-corrected chi connectivity index (χ2v) is 6.45. The van der Waals surface area contributed by atoms with Crippen molar-refractivity contribution in [3.63, 3.8) is 0 Å². The standard InChI is InChI=1S/C17H18ClN3O3/c1-20-10-13(18)16(19-20)17(24)21-9-11(6-7-15(22)23)8-12-4-2-3-5-14(12)21/h2-5,10-11H,6-9H2,1H3,(H,22,23). The zero-order valence-corrected chi connectivity index (χ0v) is 14.0. The van der Waals surface area contributed by atoms with Gasteiger partial charge in [0.05, 0.1) is 5.02 Å². The Morgan fingerprint density at radius 2 is 2.12 bits per heavy atom. The number of carboxylic acids is 1. The summed E-state index contributed by atoms with van der Waals surface area (Å²) in [6, 6.07) is 7.69. The molecule has 0 spiro atoms. The first-order chi connectivity index (χ1) is 11.5. The fourth-order valence-corrected chi connectivity index (χ4v) is 3.38. The highest BCUT2D eigenvalue weighted by Crippen LogP contribution is 2.33. The van der Waals surface area contributed by atoms with Gasteiger partial charge in [-0.15, -0.1) is 0 Å². The lowest BCUT2D eigenvalue weighted by Crippen LogP contribution is -2.40. The van der Waals surface area contributed by atoms with Crippen LogP contribution >= 0.6 is 11.6 Å². The number of aromatic nitrogens is 2. The Balaban J connectivity index is 1.91. The van der Waals surface area contributed by atoms with Crippen LogP contribution in [0.25, 0.3) is 0 Å². The van der Waals surface area contributed by atoms with Crippen molar-refractivity contribution in [3.8, 4) is 0 Å². The van der Waals surface area contributed by atoms with Gasteiger partial charge in [-0.1, -0.05) is 29.8 Å². The van der Waals surface area contributed by atoms with E-state index in [2.05, 4.69) is 5.10 Å².